The molecule has 0 aromatic heterocycles. The van der Waals surface area contributed by atoms with Crippen LogP contribution in [0.1, 0.15) is 252 Å². The molecule has 0 saturated carbocycles. The minimum Gasteiger partial charge on any atom is -0.463 e. The number of unbranched alkanes of at least 4 members (excludes halogenated alkanes) is 24. The van der Waals surface area contributed by atoms with Crippen molar-refractivity contribution in [2.24, 2.45) is 0 Å². The summed E-state index contributed by atoms with van der Waals surface area (Å²) in [5.41, 5.74) is 0. The van der Waals surface area contributed by atoms with Gasteiger partial charge in [-0.25, -0.2) is 0 Å². The SMILES string of the molecule is CC/C=C\C/C=C\C/C=C\C/C=C\C/C=C\C/C=C\CCC(=O)OCC(COCCCCCCCC/C=C\CCCCCCCC)OCCCCCCCC/C=C\CCCCCCCC. The van der Waals surface area contributed by atoms with Crippen molar-refractivity contribution in [3.05, 3.63) is 97.2 Å². The fraction of sp³-hybridized carbons (Fsp3) is 0.721. The predicted molar refractivity (Wildman–Crippen MR) is 288 cm³/mol. The van der Waals surface area contributed by atoms with Crippen LogP contribution >= 0.6 is 0 Å². The van der Waals surface area contributed by atoms with Crippen molar-refractivity contribution in [1.82, 2.24) is 0 Å². The highest BCUT2D eigenvalue weighted by Gasteiger charge is 2.13. The molecule has 0 bridgehead atoms. The third-order valence-electron chi connectivity index (χ3n) is 11.7. The zero-order valence-corrected chi connectivity index (χ0v) is 43.2. The normalized spacial score (nSPS) is 13.1. The molecule has 0 amide bonds. The van der Waals surface area contributed by atoms with Crippen LogP contribution in [0.3, 0.4) is 0 Å². The first-order valence-corrected chi connectivity index (χ1v) is 27.8. The van der Waals surface area contributed by atoms with E-state index in [1.807, 2.05) is 0 Å². The number of ether oxygens (including phenoxy) is 3. The molecule has 0 aliphatic rings. The molecule has 1 atom stereocenters. The number of carbonyl (C=O) groups is 1. The lowest BCUT2D eigenvalue weighted by molar-refractivity contribution is -0.149. The summed E-state index contributed by atoms with van der Waals surface area (Å²) in [4.78, 5) is 12.6. The summed E-state index contributed by atoms with van der Waals surface area (Å²) in [7, 11) is 0. The van der Waals surface area contributed by atoms with E-state index >= 15 is 0 Å². The lowest BCUT2D eigenvalue weighted by Gasteiger charge is -2.18. The van der Waals surface area contributed by atoms with Gasteiger partial charge in [-0.05, 0) is 109 Å². The molecule has 0 aromatic carbocycles. The number of rotatable bonds is 51. The van der Waals surface area contributed by atoms with E-state index in [-0.39, 0.29) is 18.7 Å². The van der Waals surface area contributed by atoms with Gasteiger partial charge in [0.25, 0.3) is 0 Å². The summed E-state index contributed by atoms with van der Waals surface area (Å²) in [6.45, 7) is 8.91. The molecule has 0 radical (unpaired) electrons. The summed E-state index contributed by atoms with van der Waals surface area (Å²) in [5.74, 6) is -0.163. The summed E-state index contributed by atoms with van der Waals surface area (Å²) in [6, 6.07) is 0. The third kappa shape index (κ3) is 55.5. The number of allylic oxidation sites excluding steroid dienone is 16. The third-order valence-corrected chi connectivity index (χ3v) is 11.7. The van der Waals surface area contributed by atoms with Crippen LogP contribution in [0.25, 0.3) is 0 Å². The Hall–Kier alpha value is -2.69. The van der Waals surface area contributed by atoms with Crippen LogP contribution in [0.5, 0.6) is 0 Å². The number of hydrogen-bond donors (Lipinski definition) is 0. The highest BCUT2D eigenvalue weighted by molar-refractivity contribution is 5.69. The zero-order chi connectivity index (χ0) is 46.9. The van der Waals surface area contributed by atoms with Crippen molar-refractivity contribution in [2.45, 2.75) is 258 Å². The van der Waals surface area contributed by atoms with Crippen LogP contribution in [-0.4, -0.2) is 38.5 Å². The Balaban J connectivity index is 4.30. The Kier molecular flexibility index (Phi) is 55.1. The first-order valence-electron chi connectivity index (χ1n) is 27.8. The Morgan fingerprint density at radius 1 is 0.354 bits per heavy atom. The molecule has 0 aliphatic heterocycles. The summed E-state index contributed by atoms with van der Waals surface area (Å²) < 4.78 is 18.0. The fourth-order valence-corrected chi connectivity index (χ4v) is 7.51. The van der Waals surface area contributed by atoms with Crippen LogP contribution in [0.4, 0.5) is 0 Å². The molecule has 0 rings (SSSR count). The van der Waals surface area contributed by atoms with Crippen LogP contribution in [0, 0.1) is 0 Å². The molecule has 4 nitrogen and oxygen atoms in total. The van der Waals surface area contributed by atoms with Crippen LogP contribution in [-0.2, 0) is 19.0 Å². The van der Waals surface area contributed by atoms with Crippen molar-refractivity contribution in [3.63, 3.8) is 0 Å². The van der Waals surface area contributed by atoms with E-state index in [0.29, 0.717) is 26.1 Å². The lowest BCUT2D eigenvalue weighted by Crippen LogP contribution is -2.28. The number of esters is 1. The smallest absolute Gasteiger partial charge is 0.306 e. The summed E-state index contributed by atoms with van der Waals surface area (Å²) in [6.07, 6.45) is 79.1. The second kappa shape index (κ2) is 57.4. The topological polar surface area (TPSA) is 44.8 Å². The maximum Gasteiger partial charge on any atom is 0.306 e. The van der Waals surface area contributed by atoms with Gasteiger partial charge in [-0.15, -0.1) is 0 Å². The van der Waals surface area contributed by atoms with Crippen molar-refractivity contribution in [1.29, 1.82) is 0 Å². The van der Waals surface area contributed by atoms with Crippen molar-refractivity contribution in [3.8, 4) is 0 Å². The fourth-order valence-electron chi connectivity index (χ4n) is 7.51. The van der Waals surface area contributed by atoms with Crippen molar-refractivity contribution >= 4 is 5.97 Å². The molecular weight excluding hydrogens is 797 g/mol. The molecule has 0 heterocycles. The first kappa shape index (κ1) is 62.3. The van der Waals surface area contributed by atoms with Gasteiger partial charge in [0.05, 0.1) is 6.61 Å². The van der Waals surface area contributed by atoms with Gasteiger partial charge in [-0.1, -0.05) is 234 Å². The lowest BCUT2D eigenvalue weighted by atomic mass is 10.1. The van der Waals surface area contributed by atoms with Gasteiger partial charge in [0, 0.05) is 19.6 Å². The van der Waals surface area contributed by atoms with E-state index in [2.05, 4.69) is 118 Å². The van der Waals surface area contributed by atoms with Gasteiger partial charge in [0.15, 0.2) is 0 Å². The van der Waals surface area contributed by atoms with Gasteiger partial charge in [0.2, 0.25) is 0 Å². The monoisotopic (exact) mass is 903 g/mol. The van der Waals surface area contributed by atoms with Gasteiger partial charge in [-0.3, -0.25) is 4.79 Å². The minimum atomic E-state index is -0.206. The van der Waals surface area contributed by atoms with E-state index < -0.39 is 0 Å². The Morgan fingerprint density at radius 3 is 1.11 bits per heavy atom. The quantitative estimate of drug-likeness (QED) is 0.0347. The van der Waals surface area contributed by atoms with Gasteiger partial charge < -0.3 is 14.2 Å². The average molecular weight is 904 g/mol. The van der Waals surface area contributed by atoms with E-state index in [0.717, 1.165) is 58.0 Å². The average Bonchev–Trinajstić information content (AvgIpc) is 3.31. The molecular formula is C61H106O4. The molecule has 4 heteroatoms. The molecule has 65 heavy (non-hydrogen) atoms. The molecule has 0 aliphatic carbocycles. The molecule has 374 valence electrons. The predicted octanol–water partition coefficient (Wildman–Crippen LogP) is 19.5. The van der Waals surface area contributed by atoms with E-state index in [9.17, 15) is 4.79 Å². The summed E-state index contributed by atoms with van der Waals surface area (Å²) in [5, 5.41) is 0. The van der Waals surface area contributed by atoms with Crippen molar-refractivity contribution in [2.75, 3.05) is 26.4 Å². The van der Waals surface area contributed by atoms with E-state index in [1.54, 1.807) is 0 Å². The Morgan fingerprint density at radius 2 is 0.692 bits per heavy atom. The Labute approximate surface area is 405 Å². The maximum atomic E-state index is 12.6. The first-order chi connectivity index (χ1) is 32.2. The number of carbonyl (C=O) groups excluding carboxylic acids is 1. The van der Waals surface area contributed by atoms with Crippen LogP contribution in [0.2, 0.25) is 0 Å². The van der Waals surface area contributed by atoms with Gasteiger partial charge >= 0.3 is 5.97 Å². The number of hydrogen-bond acceptors (Lipinski definition) is 4. The van der Waals surface area contributed by atoms with Crippen LogP contribution < -0.4 is 0 Å². The maximum absolute atomic E-state index is 12.6. The molecule has 0 aromatic rings. The van der Waals surface area contributed by atoms with Gasteiger partial charge in [-0.2, -0.15) is 0 Å². The molecule has 0 saturated heterocycles. The standard InChI is InChI=1S/C61H106O4/c1-4-7-10-13-16-19-22-25-28-31-32-33-34-37-40-43-46-49-52-55-61(62)65-59-60(64-57-54-51-48-45-42-39-36-30-27-24-21-18-15-12-9-6-3)58-63-56-53-50-47-44-41-38-35-29-26-23-20-17-14-11-8-5-2/h7,10,16,19,25-30,32-33,37,40,46,49,60H,4-6,8-9,11-15,17-18,20-24,31,34-36,38-39,41-45,47-48,50-59H2,1-3H3/b10-7-,19-16-,28-25-,29-26-,30-27-,33-32-,40-37-,49-46-. The van der Waals surface area contributed by atoms with Crippen molar-refractivity contribution < 1.29 is 19.0 Å². The highest BCUT2D eigenvalue weighted by Crippen LogP contribution is 2.13. The van der Waals surface area contributed by atoms with E-state index in [4.69, 9.17) is 14.2 Å². The van der Waals surface area contributed by atoms with Crippen LogP contribution in [0.15, 0.2) is 97.2 Å². The molecule has 0 spiro atoms. The zero-order valence-electron chi connectivity index (χ0n) is 43.2. The van der Waals surface area contributed by atoms with E-state index in [1.165, 1.54) is 167 Å². The molecule has 0 N–H and O–H groups in total. The largest absolute Gasteiger partial charge is 0.463 e. The summed E-state index contributed by atoms with van der Waals surface area (Å²) >= 11 is 0. The molecule has 1 unspecified atom stereocenters. The van der Waals surface area contributed by atoms with Gasteiger partial charge in [0.1, 0.15) is 12.7 Å². The molecule has 0 fully saturated rings. The highest BCUT2D eigenvalue weighted by atomic mass is 16.6. The second-order valence-corrected chi connectivity index (χ2v) is 18.1. The Bertz CT molecular complexity index is 1190. The minimum absolute atomic E-state index is 0.163. The second-order valence-electron chi connectivity index (χ2n) is 18.1.